The van der Waals surface area contributed by atoms with E-state index in [-0.39, 0.29) is 23.0 Å². The summed E-state index contributed by atoms with van der Waals surface area (Å²) in [4.78, 5) is 28.3. The van der Waals surface area contributed by atoms with Crippen LogP contribution in [0.15, 0.2) is 42.5 Å². The molecule has 3 rings (SSSR count). The van der Waals surface area contributed by atoms with E-state index in [0.29, 0.717) is 31.2 Å². The van der Waals surface area contributed by atoms with Crippen LogP contribution in [0.4, 0.5) is 10.1 Å². The van der Waals surface area contributed by atoms with Crippen molar-refractivity contribution in [3.05, 3.63) is 63.9 Å². The lowest BCUT2D eigenvalue weighted by Crippen LogP contribution is -2.51. The van der Waals surface area contributed by atoms with E-state index in [1.54, 1.807) is 4.90 Å². The average molecular weight is 410 g/mol. The number of halogens is 3. The summed E-state index contributed by atoms with van der Waals surface area (Å²) in [5, 5.41) is 3.12. The van der Waals surface area contributed by atoms with Crippen molar-refractivity contribution in [2.45, 2.75) is 0 Å². The predicted octanol–water partition coefficient (Wildman–Crippen LogP) is 3.21. The molecular weight excluding hydrogens is 392 g/mol. The number of piperazine rings is 1. The number of hydrogen-bond donors (Lipinski definition) is 1. The molecular formula is C19H18Cl2FN3O2. The first-order valence-electron chi connectivity index (χ1n) is 8.46. The van der Waals surface area contributed by atoms with Gasteiger partial charge in [0.1, 0.15) is 5.82 Å². The molecule has 0 spiro atoms. The Hall–Kier alpha value is -2.31. The maximum Gasteiger partial charge on any atom is 0.256 e. The van der Waals surface area contributed by atoms with Gasteiger partial charge in [0.25, 0.3) is 5.91 Å². The third-order valence-corrected chi connectivity index (χ3v) is 4.95. The fourth-order valence-corrected chi connectivity index (χ4v) is 3.39. The molecule has 1 N–H and O–H groups in total. The van der Waals surface area contributed by atoms with Crippen molar-refractivity contribution < 1.29 is 14.0 Å². The molecule has 2 aromatic carbocycles. The lowest BCUT2D eigenvalue weighted by Gasteiger charge is -2.36. The molecule has 1 saturated heterocycles. The fourth-order valence-electron chi connectivity index (χ4n) is 2.96. The zero-order chi connectivity index (χ0) is 19.4. The minimum Gasteiger partial charge on any atom is -0.368 e. The summed E-state index contributed by atoms with van der Waals surface area (Å²) in [7, 11) is 0. The van der Waals surface area contributed by atoms with E-state index in [1.165, 1.54) is 12.1 Å². The predicted molar refractivity (Wildman–Crippen MR) is 104 cm³/mol. The quantitative estimate of drug-likeness (QED) is 0.843. The Bertz CT molecular complexity index is 834. The van der Waals surface area contributed by atoms with Gasteiger partial charge in [-0.1, -0.05) is 35.3 Å². The molecule has 0 saturated carbocycles. The molecule has 1 fully saturated rings. The third kappa shape index (κ3) is 4.70. The second kappa shape index (κ2) is 8.59. The SMILES string of the molecule is O=C(NCC(=O)N1CCN(c2cccc(Cl)c2)CC1)c1c(F)cccc1Cl. The van der Waals surface area contributed by atoms with E-state index >= 15 is 0 Å². The summed E-state index contributed by atoms with van der Waals surface area (Å²) in [5.41, 5.74) is 0.759. The molecule has 1 aliphatic heterocycles. The zero-order valence-corrected chi connectivity index (χ0v) is 15.9. The van der Waals surface area contributed by atoms with Crippen molar-refractivity contribution in [3.63, 3.8) is 0 Å². The van der Waals surface area contributed by atoms with Gasteiger partial charge in [-0.05, 0) is 30.3 Å². The molecule has 27 heavy (non-hydrogen) atoms. The van der Waals surface area contributed by atoms with Crippen LogP contribution >= 0.6 is 23.2 Å². The molecule has 2 aromatic rings. The number of benzene rings is 2. The van der Waals surface area contributed by atoms with Gasteiger partial charge in [-0.3, -0.25) is 9.59 Å². The number of nitrogens with zero attached hydrogens (tertiary/aromatic N) is 2. The van der Waals surface area contributed by atoms with Crippen molar-refractivity contribution in [3.8, 4) is 0 Å². The van der Waals surface area contributed by atoms with E-state index in [1.807, 2.05) is 24.3 Å². The van der Waals surface area contributed by atoms with E-state index in [4.69, 9.17) is 23.2 Å². The number of nitrogens with one attached hydrogen (secondary N) is 1. The van der Waals surface area contributed by atoms with Gasteiger partial charge in [0, 0.05) is 36.9 Å². The number of anilines is 1. The van der Waals surface area contributed by atoms with Crippen molar-refractivity contribution in [2.24, 2.45) is 0 Å². The van der Waals surface area contributed by atoms with Crippen LogP contribution in [0, 0.1) is 5.82 Å². The summed E-state index contributed by atoms with van der Waals surface area (Å²) in [6.07, 6.45) is 0. The summed E-state index contributed by atoms with van der Waals surface area (Å²) < 4.78 is 13.8. The average Bonchev–Trinajstić information content (AvgIpc) is 2.66. The minimum absolute atomic E-state index is 0.00934. The molecule has 2 amide bonds. The van der Waals surface area contributed by atoms with Crippen LogP contribution in [0.1, 0.15) is 10.4 Å². The summed E-state index contributed by atoms with van der Waals surface area (Å²) in [5.74, 6) is -1.65. The number of carbonyl (C=O) groups is 2. The minimum atomic E-state index is -0.720. The largest absolute Gasteiger partial charge is 0.368 e. The fraction of sp³-hybridized carbons (Fsp3) is 0.263. The smallest absolute Gasteiger partial charge is 0.256 e. The Kier molecular flexibility index (Phi) is 6.19. The van der Waals surface area contributed by atoms with Crippen LogP contribution in [-0.2, 0) is 4.79 Å². The van der Waals surface area contributed by atoms with Crippen molar-refractivity contribution in [2.75, 3.05) is 37.6 Å². The van der Waals surface area contributed by atoms with Gasteiger partial charge in [-0.25, -0.2) is 4.39 Å². The highest BCUT2D eigenvalue weighted by Gasteiger charge is 2.23. The molecule has 1 aliphatic rings. The molecule has 0 bridgehead atoms. The summed E-state index contributed by atoms with van der Waals surface area (Å²) >= 11 is 11.9. The maximum atomic E-state index is 13.8. The first-order valence-corrected chi connectivity index (χ1v) is 9.22. The maximum absolute atomic E-state index is 13.8. The Morgan fingerprint density at radius 1 is 1.04 bits per heavy atom. The van der Waals surface area contributed by atoms with Gasteiger partial charge in [0.05, 0.1) is 17.1 Å². The number of carbonyl (C=O) groups excluding carboxylic acids is 2. The molecule has 0 aromatic heterocycles. The van der Waals surface area contributed by atoms with Crippen molar-refractivity contribution >= 4 is 40.7 Å². The van der Waals surface area contributed by atoms with Gasteiger partial charge in [0.2, 0.25) is 5.91 Å². The Morgan fingerprint density at radius 2 is 1.74 bits per heavy atom. The Balaban J connectivity index is 1.52. The van der Waals surface area contributed by atoms with Crippen LogP contribution < -0.4 is 10.2 Å². The van der Waals surface area contributed by atoms with Crippen molar-refractivity contribution in [1.29, 1.82) is 0 Å². The lowest BCUT2D eigenvalue weighted by molar-refractivity contribution is -0.130. The highest BCUT2D eigenvalue weighted by atomic mass is 35.5. The second-order valence-corrected chi connectivity index (χ2v) is 6.97. The lowest BCUT2D eigenvalue weighted by atomic mass is 10.2. The molecule has 1 heterocycles. The molecule has 0 atom stereocenters. The van der Waals surface area contributed by atoms with Crippen LogP contribution in [0.5, 0.6) is 0 Å². The summed E-state index contributed by atoms with van der Waals surface area (Å²) in [6.45, 7) is 2.18. The van der Waals surface area contributed by atoms with Gasteiger partial charge in [-0.2, -0.15) is 0 Å². The van der Waals surface area contributed by atoms with Crippen molar-refractivity contribution in [1.82, 2.24) is 10.2 Å². The van der Waals surface area contributed by atoms with Crippen LogP contribution in [0.3, 0.4) is 0 Å². The highest BCUT2D eigenvalue weighted by molar-refractivity contribution is 6.33. The Morgan fingerprint density at radius 3 is 2.41 bits per heavy atom. The molecule has 5 nitrogen and oxygen atoms in total. The standard InChI is InChI=1S/C19H18Cl2FN3O2/c20-13-3-1-4-14(11-13)24-7-9-25(10-8-24)17(26)12-23-19(27)18-15(21)5-2-6-16(18)22/h1-6,11H,7-10,12H2,(H,23,27). The highest BCUT2D eigenvalue weighted by Crippen LogP contribution is 2.21. The zero-order valence-electron chi connectivity index (χ0n) is 14.4. The number of rotatable bonds is 4. The van der Waals surface area contributed by atoms with E-state index in [9.17, 15) is 14.0 Å². The monoisotopic (exact) mass is 409 g/mol. The molecule has 142 valence electrons. The number of hydrogen-bond acceptors (Lipinski definition) is 3. The molecule has 0 radical (unpaired) electrons. The van der Waals surface area contributed by atoms with Gasteiger partial charge < -0.3 is 15.1 Å². The Labute approximate surface area is 166 Å². The van der Waals surface area contributed by atoms with E-state index in [2.05, 4.69) is 10.2 Å². The first kappa shape index (κ1) is 19.5. The third-order valence-electron chi connectivity index (χ3n) is 4.40. The second-order valence-electron chi connectivity index (χ2n) is 6.13. The normalized spacial score (nSPS) is 14.2. The summed E-state index contributed by atoms with van der Waals surface area (Å²) in [6, 6.07) is 11.6. The molecule has 0 unspecified atom stereocenters. The van der Waals surface area contributed by atoms with Gasteiger partial charge in [0.15, 0.2) is 0 Å². The van der Waals surface area contributed by atoms with Crippen LogP contribution in [0.2, 0.25) is 10.0 Å². The van der Waals surface area contributed by atoms with Gasteiger partial charge >= 0.3 is 0 Å². The number of amides is 2. The van der Waals surface area contributed by atoms with Crippen LogP contribution in [0.25, 0.3) is 0 Å². The van der Waals surface area contributed by atoms with Crippen LogP contribution in [-0.4, -0.2) is 49.4 Å². The first-order chi connectivity index (χ1) is 13.0. The van der Waals surface area contributed by atoms with E-state index in [0.717, 1.165) is 11.8 Å². The molecule has 8 heteroatoms. The van der Waals surface area contributed by atoms with Gasteiger partial charge in [-0.15, -0.1) is 0 Å². The molecule has 0 aliphatic carbocycles. The van der Waals surface area contributed by atoms with E-state index < -0.39 is 11.7 Å². The topological polar surface area (TPSA) is 52.7 Å².